The Bertz CT molecular complexity index is 552. The smallest absolute Gasteiger partial charge is 0.131 e. The first-order chi connectivity index (χ1) is 9.06. The molecule has 2 aromatic rings. The maximum atomic E-state index is 12.8. The van der Waals surface area contributed by atoms with E-state index in [0.717, 1.165) is 29.9 Å². The maximum absolute atomic E-state index is 12.8. The van der Waals surface area contributed by atoms with Crippen LogP contribution in [-0.4, -0.2) is 18.6 Å². The van der Waals surface area contributed by atoms with Gasteiger partial charge in [-0.25, -0.2) is 9.37 Å². The largest absolute Gasteiger partial charge is 0.397 e. The summed E-state index contributed by atoms with van der Waals surface area (Å²) in [6, 6.07) is 8.51. The van der Waals surface area contributed by atoms with Crippen LogP contribution in [0.3, 0.4) is 0 Å². The van der Waals surface area contributed by atoms with Crippen LogP contribution in [0, 0.1) is 12.7 Å². The second-order valence-corrected chi connectivity index (χ2v) is 4.71. The Labute approximate surface area is 112 Å². The predicted molar refractivity (Wildman–Crippen MR) is 76.8 cm³/mol. The molecule has 0 aliphatic rings. The highest BCUT2D eigenvalue weighted by atomic mass is 19.1. The Balaban J connectivity index is 2.01. The lowest BCUT2D eigenvalue weighted by atomic mass is 10.1. The number of benzene rings is 1. The summed E-state index contributed by atoms with van der Waals surface area (Å²) in [7, 11) is 2.00. The van der Waals surface area contributed by atoms with E-state index in [1.54, 1.807) is 6.20 Å². The Morgan fingerprint density at radius 1 is 1.26 bits per heavy atom. The zero-order valence-corrected chi connectivity index (χ0v) is 11.2. The van der Waals surface area contributed by atoms with Gasteiger partial charge in [-0.05, 0) is 42.7 Å². The van der Waals surface area contributed by atoms with Crippen molar-refractivity contribution in [2.75, 3.05) is 24.2 Å². The van der Waals surface area contributed by atoms with Gasteiger partial charge in [0.1, 0.15) is 11.6 Å². The second-order valence-electron chi connectivity index (χ2n) is 4.71. The molecule has 0 amide bonds. The van der Waals surface area contributed by atoms with Crippen LogP contribution in [0.25, 0.3) is 0 Å². The molecule has 1 aromatic carbocycles. The van der Waals surface area contributed by atoms with Crippen LogP contribution >= 0.6 is 0 Å². The van der Waals surface area contributed by atoms with E-state index >= 15 is 0 Å². The van der Waals surface area contributed by atoms with E-state index in [1.165, 1.54) is 12.1 Å². The van der Waals surface area contributed by atoms with Crippen molar-refractivity contribution in [3.63, 3.8) is 0 Å². The van der Waals surface area contributed by atoms with Crippen molar-refractivity contribution in [2.24, 2.45) is 0 Å². The van der Waals surface area contributed by atoms with Gasteiger partial charge in [-0.3, -0.25) is 0 Å². The summed E-state index contributed by atoms with van der Waals surface area (Å²) in [6.45, 7) is 2.82. The van der Waals surface area contributed by atoms with Crippen molar-refractivity contribution in [1.82, 2.24) is 4.98 Å². The summed E-state index contributed by atoms with van der Waals surface area (Å²) in [5.74, 6) is 0.726. The van der Waals surface area contributed by atoms with Crippen LogP contribution in [0.2, 0.25) is 0 Å². The number of aryl methyl sites for hydroxylation is 1. The molecule has 0 saturated heterocycles. The lowest BCUT2D eigenvalue weighted by molar-refractivity contribution is 0.627. The van der Waals surface area contributed by atoms with Gasteiger partial charge in [-0.1, -0.05) is 12.1 Å². The minimum Gasteiger partial charge on any atom is -0.397 e. The van der Waals surface area contributed by atoms with Gasteiger partial charge in [0.15, 0.2) is 0 Å². The summed E-state index contributed by atoms with van der Waals surface area (Å²) >= 11 is 0. The van der Waals surface area contributed by atoms with Crippen molar-refractivity contribution >= 4 is 11.5 Å². The highest BCUT2D eigenvalue weighted by Gasteiger charge is 2.06. The van der Waals surface area contributed by atoms with Crippen LogP contribution in [0.15, 0.2) is 36.5 Å². The number of nitrogen functional groups attached to an aromatic ring is 1. The number of rotatable bonds is 4. The first kappa shape index (κ1) is 13.3. The van der Waals surface area contributed by atoms with Gasteiger partial charge in [0.2, 0.25) is 0 Å². The second kappa shape index (κ2) is 5.69. The molecule has 0 aliphatic carbocycles. The molecule has 0 aliphatic heterocycles. The van der Waals surface area contributed by atoms with E-state index in [4.69, 9.17) is 5.73 Å². The molecule has 2 rings (SSSR count). The Hall–Kier alpha value is -2.10. The lowest BCUT2D eigenvalue weighted by Crippen LogP contribution is -2.22. The zero-order chi connectivity index (χ0) is 13.8. The van der Waals surface area contributed by atoms with Gasteiger partial charge in [0.25, 0.3) is 0 Å². The molecule has 0 spiro atoms. The number of likely N-dealkylation sites (N-methyl/N-ethyl adjacent to an activating group) is 1. The number of aromatic nitrogens is 1. The lowest BCUT2D eigenvalue weighted by Gasteiger charge is -2.20. The molecule has 1 aromatic heterocycles. The van der Waals surface area contributed by atoms with Crippen LogP contribution in [0.4, 0.5) is 15.9 Å². The van der Waals surface area contributed by atoms with Gasteiger partial charge < -0.3 is 10.6 Å². The maximum Gasteiger partial charge on any atom is 0.131 e. The van der Waals surface area contributed by atoms with E-state index in [0.29, 0.717) is 5.69 Å². The number of hydrogen-bond acceptors (Lipinski definition) is 3. The Kier molecular flexibility index (Phi) is 4.00. The molecule has 0 saturated carbocycles. The van der Waals surface area contributed by atoms with Crippen LogP contribution in [-0.2, 0) is 6.42 Å². The van der Waals surface area contributed by atoms with Crippen LogP contribution in [0.1, 0.15) is 11.1 Å². The molecule has 0 unspecified atom stereocenters. The standard InChI is InChI=1S/C15H18FN3/c1-11-9-14(17)10-18-15(11)19(2)8-7-12-3-5-13(16)6-4-12/h3-6,9-10H,7-8,17H2,1-2H3. The average Bonchev–Trinajstić information content (AvgIpc) is 2.37. The normalized spacial score (nSPS) is 10.5. The minimum atomic E-state index is -0.201. The molecule has 0 atom stereocenters. The number of hydrogen-bond donors (Lipinski definition) is 1. The predicted octanol–water partition coefficient (Wildman–Crippen LogP) is 2.79. The van der Waals surface area contributed by atoms with E-state index in [-0.39, 0.29) is 5.82 Å². The molecule has 0 fully saturated rings. The van der Waals surface area contributed by atoms with Crippen LogP contribution in [0.5, 0.6) is 0 Å². The van der Waals surface area contributed by atoms with Gasteiger partial charge >= 0.3 is 0 Å². The summed E-state index contributed by atoms with van der Waals surface area (Å²) in [5.41, 5.74) is 8.53. The van der Waals surface area contributed by atoms with Gasteiger partial charge in [0.05, 0.1) is 11.9 Å². The fourth-order valence-corrected chi connectivity index (χ4v) is 2.04. The molecule has 100 valence electrons. The zero-order valence-electron chi connectivity index (χ0n) is 11.2. The summed E-state index contributed by atoms with van der Waals surface area (Å²) < 4.78 is 12.8. The third-order valence-electron chi connectivity index (χ3n) is 3.08. The molecular weight excluding hydrogens is 241 g/mol. The minimum absolute atomic E-state index is 0.201. The molecule has 2 N–H and O–H groups in total. The van der Waals surface area contributed by atoms with E-state index in [1.807, 2.05) is 32.2 Å². The van der Waals surface area contributed by atoms with E-state index < -0.39 is 0 Å². The highest BCUT2D eigenvalue weighted by Crippen LogP contribution is 2.18. The molecule has 4 heteroatoms. The van der Waals surface area contributed by atoms with Crippen molar-refractivity contribution in [3.05, 3.63) is 53.5 Å². The molecule has 19 heavy (non-hydrogen) atoms. The molecule has 1 heterocycles. The quantitative estimate of drug-likeness (QED) is 0.918. The fourth-order valence-electron chi connectivity index (χ4n) is 2.04. The van der Waals surface area contributed by atoms with E-state index in [9.17, 15) is 4.39 Å². The first-order valence-corrected chi connectivity index (χ1v) is 6.24. The SMILES string of the molecule is Cc1cc(N)cnc1N(C)CCc1ccc(F)cc1. The Morgan fingerprint density at radius 3 is 2.58 bits per heavy atom. The van der Waals surface area contributed by atoms with Gasteiger partial charge in [-0.2, -0.15) is 0 Å². The number of pyridine rings is 1. The number of anilines is 2. The van der Waals surface area contributed by atoms with Gasteiger partial charge in [-0.15, -0.1) is 0 Å². The summed E-state index contributed by atoms with van der Waals surface area (Å²) in [5, 5.41) is 0. The highest BCUT2D eigenvalue weighted by molar-refractivity contribution is 5.52. The fraction of sp³-hybridized carbons (Fsp3) is 0.267. The summed E-state index contributed by atoms with van der Waals surface area (Å²) in [4.78, 5) is 6.43. The van der Waals surface area contributed by atoms with Crippen molar-refractivity contribution in [3.8, 4) is 0 Å². The number of halogens is 1. The number of nitrogens with zero attached hydrogens (tertiary/aromatic N) is 2. The van der Waals surface area contributed by atoms with Crippen molar-refractivity contribution in [2.45, 2.75) is 13.3 Å². The third-order valence-corrected chi connectivity index (χ3v) is 3.08. The molecular formula is C15H18FN3. The van der Waals surface area contributed by atoms with Crippen LogP contribution < -0.4 is 10.6 Å². The third kappa shape index (κ3) is 3.44. The van der Waals surface area contributed by atoms with E-state index in [2.05, 4.69) is 9.88 Å². The molecule has 3 nitrogen and oxygen atoms in total. The average molecular weight is 259 g/mol. The van der Waals surface area contributed by atoms with Gasteiger partial charge in [0, 0.05) is 13.6 Å². The first-order valence-electron chi connectivity index (χ1n) is 6.24. The van der Waals surface area contributed by atoms with Crippen molar-refractivity contribution < 1.29 is 4.39 Å². The van der Waals surface area contributed by atoms with Crippen molar-refractivity contribution in [1.29, 1.82) is 0 Å². The molecule has 0 radical (unpaired) electrons. The topological polar surface area (TPSA) is 42.1 Å². The Morgan fingerprint density at radius 2 is 1.95 bits per heavy atom. The summed E-state index contributed by atoms with van der Waals surface area (Å²) in [6.07, 6.45) is 2.51. The molecule has 0 bridgehead atoms. The monoisotopic (exact) mass is 259 g/mol. The number of nitrogens with two attached hydrogens (primary N) is 1.